The van der Waals surface area contributed by atoms with Gasteiger partial charge in [0.25, 0.3) is 0 Å². The first-order chi connectivity index (χ1) is 13.2. The highest BCUT2D eigenvalue weighted by Gasteiger charge is 2.27. The second kappa shape index (κ2) is 8.14. The van der Waals surface area contributed by atoms with E-state index in [1.54, 1.807) is 0 Å². The molecule has 3 amide bonds. The number of carbonyl (C=O) groups is 2. The minimum Gasteiger partial charge on any atom is -0.376 e. The summed E-state index contributed by atoms with van der Waals surface area (Å²) in [4.78, 5) is 29.8. The lowest BCUT2D eigenvalue weighted by Crippen LogP contribution is -2.35. The van der Waals surface area contributed by atoms with Crippen LogP contribution in [0.1, 0.15) is 12.8 Å². The molecule has 1 aromatic heterocycles. The third-order valence-corrected chi connectivity index (χ3v) is 5.76. The molecule has 1 unspecified atom stereocenters. The molecule has 0 bridgehead atoms. The molecule has 0 spiro atoms. The SMILES string of the molecule is O=C(CSc1ncc(-c2ccccc2)n1CC1CCCO1)N1CCNC1=O. The van der Waals surface area contributed by atoms with Gasteiger partial charge in [0, 0.05) is 19.7 Å². The monoisotopic (exact) mass is 386 g/mol. The molecule has 2 aromatic rings. The maximum atomic E-state index is 12.3. The average Bonchev–Trinajstić information content (AvgIpc) is 3.43. The van der Waals surface area contributed by atoms with Gasteiger partial charge >= 0.3 is 6.03 Å². The Kier molecular flexibility index (Phi) is 5.45. The van der Waals surface area contributed by atoms with Crippen molar-refractivity contribution in [2.45, 2.75) is 30.6 Å². The van der Waals surface area contributed by atoms with Gasteiger partial charge in [0.1, 0.15) is 0 Å². The first-order valence-corrected chi connectivity index (χ1v) is 10.1. The van der Waals surface area contributed by atoms with E-state index in [9.17, 15) is 9.59 Å². The van der Waals surface area contributed by atoms with E-state index in [-0.39, 0.29) is 23.8 Å². The number of ether oxygens (including phenoxy) is 1. The van der Waals surface area contributed by atoms with Crippen LogP contribution in [0.2, 0.25) is 0 Å². The molecule has 4 rings (SSSR count). The molecule has 2 fully saturated rings. The first kappa shape index (κ1) is 18.1. The number of carbonyl (C=O) groups excluding carboxylic acids is 2. The van der Waals surface area contributed by atoms with Crippen molar-refractivity contribution in [1.82, 2.24) is 19.8 Å². The van der Waals surface area contributed by atoms with Gasteiger partial charge in [-0.3, -0.25) is 9.69 Å². The van der Waals surface area contributed by atoms with Crippen LogP contribution in [0.15, 0.2) is 41.7 Å². The lowest BCUT2D eigenvalue weighted by atomic mass is 10.1. The number of amides is 3. The van der Waals surface area contributed by atoms with Crippen molar-refractivity contribution in [2.75, 3.05) is 25.4 Å². The van der Waals surface area contributed by atoms with Crippen molar-refractivity contribution in [1.29, 1.82) is 0 Å². The molecule has 1 atom stereocenters. The predicted molar refractivity (Wildman–Crippen MR) is 102 cm³/mol. The van der Waals surface area contributed by atoms with E-state index in [1.165, 1.54) is 16.7 Å². The summed E-state index contributed by atoms with van der Waals surface area (Å²) in [6.07, 6.45) is 4.12. The van der Waals surface area contributed by atoms with Gasteiger partial charge in [0.05, 0.1) is 30.3 Å². The van der Waals surface area contributed by atoms with Crippen LogP contribution in [0.5, 0.6) is 0 Å². The minimum absolute atomic E-state index is 0.168. The van der Waals surface area contributed by atoms with Gasteiger partial charge in [-0.1, -0.05) is 42.1 Å². The van der Waals surface area contributed by atoms with Crippen LogP contribution in [0.25, 0.3) is 11.3 Å². The molecule has 0 aliphatic carbocycles. The smallest absolute Gasteiger partial charge is 0.324 e. The van der Waals surface area contributed by atoms with Crippen LogP contribution in [-0.4, -0.2) is 57.9 Å². The Balaban J connectivity index is 1.53. The van der Waals surface area contributed by atoms with Crippen LogP contribution in [0.3, 0.4) is 0 Å². The Morgan fingerprint density at radius 2 is 2.19 bits per heavy atom. The molecule has 27 heavy (non-hydrogen) atoms. The fourth-order valence-corrected chi connectivity index (χ4v) is 4.26. The fourth-order valence-electron chi connectivity index (χ4n) is 3.40. The van der Waals surface area contributed by atoms with Crippen molar-refractivity contribution in [3.05, 3.63) is 36.5 Å². The van der Waals surface area contributed by atoms with Crippen LogP contribution in [-0.2, 0) is 16.1 Å². The van der Waals surface area contributed by atoms with Gasteiger partial charge in [-0.15, -0.1) is 0 Å². The van der Waals surface area contributed by atoms with Gasteiger partial charge in [-0.2, -0.15) is 0 Å². The number of hydrogen-bond donors (Lipinski definition) is 1. The first-order valence-electron chi connectivity index (χ1n) is 9.16. The number of nitrogens with zero attached hydrogens (tertiary/aromatic N) is 3. The highest BCUT2D eigenvalue weighted by atomic mass is 32.2. The van der Waals surface area contributed by atoms with Crippen LogP contribution >= 0.6 is 11.8 Å². The molecular formula is C19H22N4O3S. The fraction of sp³-hybridized carbons (Fsp3) is 0.421. The predicted octanol–water partition coefficient (Wildman–Crippen LogP) is 2.37. The zero-order valence-corrected chi connectivity index (χ0v) is 15.8. The lowest BCUT2D eigenvalue weighted by Gasteiger charge is -2.16. The van der Waals surface area contributed by atoms with Crippen molar-refractivity contribution >= 4 is 23.7 Å². The summed E-state index contributed by atoms with van der Waals surface area (Å²) in [5.41, 5.74) is 2.10. The maximum Gasteiger partial charge on any atom is 0.324 e. The summed E-state index contributed by atoms with van der Waals surface area (Å²) in [5, 5.41) is 3.43. The molecular weight excluding hydrogens is 364 g/mol. The normalized spacial score (nSPS) is 19.5. The number of imide groups is 1. The van der Waals surface area contributed by atoms with E-state index in [1.807, 2.05) is 24.4 Å². The molecule has 2 aliphatic rings. The van der Waals surface area contributed by atoms with E-state index < -0.39 is 0 Å². The van der Waals surface area contributed by atoms with E-state index >= 15 is 0 Å². The Morgan fingerprint density at radius 1 is 1.33 bits per heavy atom. The summed E-state index contributed by atoms with van der Waals surface area (Å²) >= 11 is 1.37. The second-order valence-electron chi connectivity index (χ2n) is 6.60. The molecule has 8 heteroatoms. The van der Waals surface area contributed by atoms with E-state index in [4.69, 9.17) is 4.74 Å². The summed E-state index contributed by atoms with van der Waals surface area (Å²) in [6.45, 7) is 2.45. The molecule has 2 aliphatic heterocycles. The van der Waals surface area contributed by atoms with Crippen LogP contribution in [0, 0.1) is 0 Å². The highest BCUT2D eigenvalue weighted by molar-refractivity contribution is 7.99. The zero-order valence-electron chi connectivity index (χ0n) is 15.0. The number of urea groups is 1. The molecule has 3 heterocycles. The van der Waals surface area contributed by atoms with Crippen molar-refractivity contribution < 1.29 is 14.3 Å². The third-order valence-electron chi connectivity index (χ3n) is 4.78. The number of nitrogens with one attached hydrogen (secondary N) is 1. The number of rotatable bonds is 6. The number of thioether (sulfide) groups is 1. The molecule has 0 saturated carbocycles. The van der Waals surface area contributed by atoms with E-state index in [0.29, 0.717) is 19.6 Å². The van der Waals surface area contributed by atoms with Gasteiger partial charge < -0.3 is 14.6 Å². The summed E-state index contributed by atoms with van der Waals surface area (Å²) < 4.78 is 7.94. The van der Waals surface area contributed by atoms with Crippen molar-refractivity contribution in [3.8, 4) is 11.3 Å². The number of benzene rings is 1. The van der Waals surface area contributed by atoms with Crippen molar-refractivity contribution in [2.24, 2.45) is 0 Å². The van der Waals surface area contributed by atoms with E-state index in [0.717, 1.165) is 35.9 Å². The largest absolute Gasteiger partial charge is 0.376 e. The molecule has 2 saturated heterocycles. The third kappa shape index (κ3) is 4.01. The Morgan fingerprint density at radius 3 is 2.89 bits per heavy atom. The number of hydrogen-bond acceptors (Lipinski definition) is 5. The Hall–Kier alpha value is -2.32. The standard InChI is InChI=1S/C19H22N4O3S/c24-17(22-9-8-20-18(22)25)13-27-19-21-11-16(14-5-2-1-3-6-14)23(19)12-15-7-4-10-26-15/h1-3,5-6,11,15H,4,7-10,12-13H2,(H,20,25). The zero-order chi connectivity index (χ0) is 18.6. The minimum atomic E-state index is -0.312. The lowest BCUT2D eigenvalue weighted by molar-refractivity contribution is -0.124. The molecule has 1 N–H and O–H groups in total. The quantitative estimate of drug-likeness (QED) is 0.772. The average molecular weight is 386 g/mol. The number of imidazole rings is 1. The Labute approximate surface area is 162 Å². The maximum absolute atomic E-state index is 12.3. The van der Waals surface area contributed by atoms with Gasteiger partial charge in [-0.25, -0.2) is 9.78 Å². The van der Waals surface area contributed by atoms with Gasteiger partial charge in [0.2, 0.25) is 5.91 Å². The Bertz CT molecular complexity index is 818. The molecule has 0 radical (unpaired) electrons. The molecule has 142 valence electrons. The van der Waals surface area contributed by atoms with Gasteiger partial charge in [0.15, 0.2) is 5.16 Å². The molecule has 7 nitrogen and oxygen atoms in total. The highest BCUT2D eigenvalue weighted by Crippen LogP contribution is 2.28. The number of aromatic nitrogens is 2. The van der Waals surface area contributed by atoms with E-state index in [2.05, 4.69) is 27.0 Å². The van der Waals surface area contributed by atoms with Gasteiger partial charge in [-0.05, 0) is 18.4 Å². The topological polar surface area (TPSA) is 76.5 Å². The van der Waals surface area contributed by atoms with Crippen LogP contribution in [0.4, 0.5) is 4.79 Å². The summed E-state index contributed by atoms with van der Waals surface area (Å²) in [5.74, 6) is -0.00702. The molecule has 1 aromatic carbocycles. The second-order valence-corrected chi connectivity index (χ2v) is 7.55. The summed E-state index contributed by atoms with van der Waals surface area (Å²) in [6, 6.07) is 9.78. The van der Waals surface area contributed by atoms with Crippen LogP contribution < -0.4 is 5.32 Å². The summed E-state index contributed by atoms with van der Waals surface area (Å²) in [7, 11) is 0. The van der Waals surface area contributed by atoms with Crippen molar-refractivity contribution in [3.63, 3.8) is 0 Å².